The molecule has 1 unspecified atom stereocenters. The van der Waals surface area contributed by atoms with Crippen molar-refractivity contribution < 1.29 is 18.7 Å². The number of carbonyl (C=O) groups excluding carboxylic acids is 2. The van der Waals surface area contributed by atoms with Gasteiger partial charge in [-0.3, -0.25) is 9.59 Å². The van der Waals surface area contributed by atoms with Gasteiger partial charge >= 0.3 is 5.97 Å². The Labute approximate surface area is 180 Å². The first-order chi connectivity index (χ1) is 14.4. The molecule has 1 aromatic heterocycles. The Morgan fingerprint density at radius 2 is 1.77 bits per heavy atom. The van der Waals surface area contributed by atoms with Gasteiger partial charge in [-0.05, 0) is 43.3 Å². The molecule has 6 nitrogen and oxygen atoms in total. The fourth-order valence-electron chi connectivity index (χ4n) is 2.74. The number of amides is 1. The Hall–Kier alpha value is -3.06. The van der Waals surface area contributed by atoms with Gasteiger partial charge < -0.3 is 14.5 Å². The Morgan fingerprint density at radius 3 is 2.40 bits per heavy atom. The summed E-state index contributed by atoms with van der Waals surface area (Å²) in [6, 6.07) is 14.5. The van der Waals surface area contributed by atoms with Crippen LogP contribution in [-0.4, -0.2) is 29.2 Å². The van der Waals surface area contributed by atoms with Gasteiger partial charge in [0, 0.05) is 22.1 Å². The molecule has 0 aliphatic carbocycles. The molecule has 7 heteroatoms. The maximum absolute atomic E-state index is 12.8. The first-order valence-electron chi connectivity index (χ1n) is 9.60. The van der Waals surface area contributed by atoms with Crippen LogP contribution in [-0.2, 0) is 9.53 Å². The van der Waals surface area contributed by atoms with Crippen LogP contribution in [0.3, 0.4) is 0 Å². The van der Waals surface area contributed by atoms with Crippen molar-refractivity contribution in [3.8, 4) is 11.5 Å². The molecule has 156 valence electrons. The van der Waals surface area contributed by atoms with Crippen molar-refractivity contribution in [2.75, 3.05) is 12.4 Å². The van der Waals surface area contributed by atoms with Gasteiger partial charge in [0.15, 0.2) is 0 Å². The molecule has 2 aromatic carbocycles. The highest BCUT2D eigenvalue weighted by atomic mass is 32.2. The molecular formula is C23H24N2O4S. The van der Waals surface area contributed by atoms with E-state index in [1.807, 2.05) is 38.1 Å². The number of oxazole rings is 1. The highest BCUT2D eigenvalue weighted by Gasteiger charge is 2.19. The number of aromatic nitrogens is 1. The van der Waals surface area contributed by atoms with E-state index in [-0.39, 0.29) is 17.8 Å². The molecular weight excluding hydrogens is 400 g/mol. The van der Waals surface area contributed by atoms with Crippen LogP contribution in [0.25, 0.3) is 11.5 Å². The molecule has 0 saturated carbocycles. The molecule has 3 aromatic rings. The number of esters is 1. The van der Waals surface area contributed by atoms with E-state index in [2.05, 4.69) is 10.3 Å². The summed E-state index contributed by atoms with van der Waals surface area (Å²) in [6.45, 7) is 5.84. The van der Waals surface area contributed by atoms with E-state index in [9.17, 15) is 9.59 Å². The van der Waals surface area contributed by atoms with Crippen LogP contribution in [0.5, 0.6) is 0 Å². The summed E-state index contributed by atoms with van der Waals surface area (Å²) in [5.74, 6) is 1.07. The maximum atomic E-state index is 12.8. The summed E-state index contributed by atoms with van der Waals surface area (Å²) in [5, 5.41) is 2.48. The second-order valence-electron chi connectivity index (χ2n) is 7.03. The average Bonchev–Trinajstić information content (AvgIpc) is 3.24. The lowest BCUT2D eigenvalue weighted by molar-refractivity contribution is -0.139. The number of nitrogens with zero attached hydrogens (tertiary/aromatic N) is 1. The Kier molecular flexibility index (Phi) is 6.95. The van der Waals surface area contributed by atoms with Gasteiger partial charge in [-0.1, -0.05) is 26.0 Å². The van der Waals surface area contributed by atoms with Gasteiger partial charge in [-0.2, -0.15) is 0 Å². The van der Waals surface area contributed by atoms with E-state index in [1.165, 1.54) is 18.9 Å². The minimum atomic E-state index is -0.417. The summed E-state index contributed by atoms with van der Waals surface area (Å²) < 4.78 is 10.5. The van der Waals surface area contributed by atoms with Gasteiger partial charge in [0.05, 0.1) is 18.9 Å². The highest BCUT2D eigenvalue weighted by Crippen LogP contribution is 2.29. The number of benzene rings is 2. The lowest BCUT2D eigenvalue weighted by atomic mass is 10.2. The van der Waals surface area contributed by atoms with E-state index in [0.29, 0.717) is 22.0 Å². The van der Waals surface area contributed by atoms with Gasteiger partial charge in [0.25, 0.3) is 5.91 Å². The normalized spacial score (nSPS) is 11.9. The number of thioether (sulfide) groups is 1. The van der Waals surface area contributed by atoms with Gasteiger partial charge in [-0.15, -0.1) is 11.8 Å². The van der Waals surface area contributed by atoms with Crippen LogP contribution < -0.4 is 5.32 Å². The van der Waals surface area contributed by atoms with Crippen LogP contribution in [0, 0.1) is 0 Å². The quantitative estimate of drug-likeness (QED) is 0.406. The van der Waals surface area contributed by atoms with Crippen molar-refractivity contribution in [1.82, 2.24) is 4.98 Å². The summed E-state index contributed by atoms with van der Waals surface area (Å²) in [4.78, 5) is 29.6. The van der Waals surface area contributed by atoms with Crippen molar-refractivity contribution in [3.63, 3.8) is 0 Å². The van der Waals surface area contributed by atoms with E-state index in [0.717, 1.165) is 11.3 Å². The molecule has 30 heavy (non-hydrogen) atoms. The lowest BCUT2D eigenvalue weighted by Gasteiger charge is -2.13. The number of anilines is 1. The number of nitrogens with one attached hydrogen (secondary N) is 1. The first-order valence-corrected chi connectivity index (χ1v) is 10.5. The van der Waals surface area contributed by atoms with Crippen molar-refractivity contribution in [2.24, 2.45) is 0 Å². The van der Waals surface area contributed by atoms with E-state index >= 15 is 0 Å². The number of methoxy groups -OCH3 is 1. The zero-order valence-electron chi connectivity index (χ0n) is 17.3. The average molecular weight is 425 g/mol. The summed E-state index contributed by atoms with van der Waals surface area (Å²) in [5.41, 5.74) is 1.99. The van der Waals surface area contributed by atoms with Crippen molar-refractivity contribution in [3.05, 3.63) is 66.1 Å². The minimum Gasteiger partial charge on any atom is -0.468 e. The second-order valence-corrected chi connectivity index (χ2v) is 8.42. The predicted molar refractivity (Wildman–Crippen MR) is 118 cm³/mol. The number of hydrogen-bond donors (Lipinski definition) is 1. The van der Waals surface area contributed by atoms with E-state index in [4.69, 9.17) is 9.15 Å². The van der Waals surface area contributed by atoms with Crippen LogP contribution >= 0.6 is 11.8 Å². The standard InChI is InChI=1S/C23H24N2O4S/c1-14(2)19-13-24-22(29-19)16-9-11-17(12-10-16)25-21(26)18-7-5-6-8-20(18)30-15(3)23(27)28-4/h5-15H,1-4H3,(H,25,26). The minimum absolute atomic E-state index is 0.249. The molecule has 1 amide bonds. The molecule has 0 bridgehead atoms. The lowest BCUT2D eigenvalue weighted by Crippen LogP contribution is -2.17. The SMILES string of the molecule is COC(=O)C(C)Sc1ccccc1C(=O)Nc1ccc(-c2ncc(C(C)C)o2)cc1. The molecule has 0 radical (unpaired) electrons. The van der Waals surface area contributed by atoms with E-state index in [1.54, 1.807) is 37.4 Å². The topological polar surface area (TPSA) is 81.4 Å². The zero-order valence-corrected chi connectivity index (χ0v) is 18.2. The third-order valence-electron chi connectivity index (χ3n) is 4.45. The third-order valence-corrected chi connectivity index (χ3v) is 5.61. The third kappa shape index (κ3) is 5.10. The van der Waals surface area contributed by atoms with Crippen LogP contribution in [0.15, 0.2) is 64.0 Å². The van der Waals surface area contributed by atoms with Crippen molar-refractivity contribution >= 4 is 29.3 Å². The fraction of sp³-hybridized carbons (Fsp3) is 0.261. The molecule has 0 spiro atoms. The number of ether oxygens (including phenoxy) is 1. The van der Waals surface area contributed by atoms with Crippen molar-refractivity contribution in [2.45, 2.75) is 36.8 Å². The molecule has 0 aliphatic heterocycles. The Bertz CT molecular complexity index is 1030. The smallest absolute Gasteiger partial charge is 0.318 e. The Morgan fingerprint density at radius 1 is 1.07 bits per heavy atom. The van der Waals surface area contributed by atoms with Gasteiger partial charge in [0.2, 0.25) is 5.89 Å². The monoisotopic (exact) mass is 424 g/mol. The van der Waals surface area contributed by atoms with Gasteiger partial charge in [-0.25, -0.2) is 4.98 Å². The predicted octanol–water partition coefficient (Wildman–Crippen LogP) is 5.37. The second kappa shape index (κ2) is 9.63. The van der Waals surface area contributed by atoms with Crippen LogP contribution in [0.2, 0.25) is 0 Å². The fourth-order valence-corrected chi connectivity index (χ4v) is 3.76. The largest absolute Gasteiger partial charge is 0.468 e. The summed E-state index contributed by atoms with van der Waals surface area (Å²) >= 11 is 1.29. The molecule has 3 rings (SSSR count). The maximum Gasteiger partial charge on any atom is 0.318 e. The van der Waals surface area contributed by atoms with Crippen LogP contribution in [0.4, 0.5) is 5.69 Å². The molecule has 0 aliphatic rings. The Balaban J connectivity index is 1.72. The highest BCUT2D eigenvalue weighted by molar-refractivity contribution is 8.00. The molecule has 1 atom stereocenters. The molecule has 0 saturated heterocycles. The zero-order chi connectivity index (χ0) is 21.7. The first kappa shape index (κ1) is 21.6. The summed E-state index contributed by atoms with van der Waals surface area (Å²) in [6.07, 6.45) is 1.74. The van der Waals surface area contributed by atoms with E-state index < -0.39 is 5.25 Å². The summed E-state index contributed by atoms with van der Waals surface area (Å²) in [7, 11) is 1.35. The number of rotatable bonds is 7. The van der Waals surface area contributed by atoms with Crippen molar-refractivity contribution in [1.29, 1.82) is 0 Å². The molecule has 0 fully saturated rings. The number of hydrogen-bond acceptors (Lipinski definition) is 6. The van der Waals surface area contributed by atoms with Gasteiger partial charge in [0.1, 0.15) is 11.0 Å². The molecule has 1 heterocycles. The van der Waals surface area contributed by atoms with Crippen LogP contribution in [0.1, 0.15) is 42.8 Å². The number of carbonyl (C=O) groups is 2. The molecule has 1 N–H and O–H groups in total.